The first-order chi connectivity index (χ1) is 10.1. The molecule has 1 aromatic carbocycles. The van der Waals surface area contributed by atoms with E-state index in [1.807, 2.05) is 25.1 Å². The number of hydrogen-bond donors (Lipinski definition) is 2. The summed E-state index contributed by atoms with van der Waals surface area (Å²) in [5.41, 5.74) is 2.87. The summed E-state index contributed by atoms with van der Waals surface area (Å²) in [5, 5.41) is 6.14. The minimum Gasteiger partial charge on any atom is -0.449 e. The Bertz CT molecular complexity index is 534. The molecule has 2 rings (SSSR count). The SMILES string of the molecule is CCCOC(=O)Nc1cccc2c1C(CCC(C)=O)CN2.Cl. The first kappa shape index (κ1) is 18.3. The van der Waals surface area contributed by atoms with Crippen molar-refractivity contribution in [2.45, 2.75) is 39.0 Å². The summed E-state index contributed by atoms with van der Waals surface area (Å²) >= 11 is 0. The van der Waals surface area contributed by atoms with Crippen LogP contribution in [-0.2, 0) is 9.53 Å². The van der Waals surface area contributed by atoms with E-state index in [0.717, 1.165) is 36.3 Å². The van der Waals surface area contributed by atoms with E-state index >= 15 is 0 Å². The van der Waals surface area contributed by atoms with Crippen molar-refractivity contribution >= 4 is 35.7 Å². The van der Waals surface area contributed by atoms with Crippen molar-refractivity contribution in [3.8, 4) is 0 Å². The highest BCUT2D eigenvalue weighted by atomic mass is 35.5. The van der Waals surface area contributed by atoms with Gasteiger partial charge in [-0.2, -0.15) is 0 Å². The third-order valence-corrected chi connectivity index (χ3v) is 3.57. The second-order valence-corrected chi connectivity index (χ2v) is 5.35. The lowest BCUT2D eigenvalue weighted by Crippen LogP contribution is -2.16. The molecule has 1 unspecified atom stereocenters. The van der Waals surface area contributed by atoms with Crippen LogP contribution < -0.4 is 10.6 Å². The van der Waals surface area contributed by atoms with Gasteiger partial charge in [-0.25, -0.2) is 4.79 Å². The Morgan fingerprint density at radius 1 is 1.41 bits per heavy atom. The van der Waals surface area contributed by atoms with Crippen LogP contribution in [0.4, 0.5) is 16.2 Å². The van der Waals surface area contributed by atoms with Gasteiger partial charge in [0.05, 0.1) is 6.61 Å². The Hall–Kier alpha value is -1.75. The van der Waals surface area contributed by atoms with Crippen molar-refractivity contribution in [3.05, 3.63) is 23.8 Å². The molecule has 0 aliphatic carbocycles. The number of ketones is 1. The minimum atomic E-state index is -0.428. The zero-order chi connectivity index (χ0) is 15.2. The van der Waals surface area contributed by atoms with Crippen molar-refractivity contribution in [1.29, 1.82) is 0 Å². The zero-order valence-electron chi connectivity index (χ0n) is 13.0. The lowest BCUT2D eigenvalue weighted by molar-refractivity contribution is -0.117. The fraction of sp³-hybridized carbons (Fsp3) is 0.500. The molecule has 0 spiro atoms. The summed E-state index contributed by atoms with van der Waals surface area (Å²) in [6, 6.07) is 5.76. The average molecular weight is 327 g/mol. The quantitative estimate of drug-likeness (QED) is 0.830. The molecule has 6 heteroatoms. The van der Waals surface area contributed by atoms with Crippen molar-refractivity contribution in [3.63, 3.8) is 0 Å². The number of carbonyl (C=O) groups is 2. The predicted molar refractivity (Wildman–Crippen MR) is 90.1 cm³/mol. The second kappa shape index (κ2) is 8.63. The number of hydrogen-bond acceptors (Lipinski definition) is 4. The number of fused-ring (bicyclic) bond motifs is 1. The first-order valence-electron chi connectivity index (χ1n) is 7.41. The molecule has 0 saturated heterocycles. The van der Waals surface area contributed by atoms with Gasteiger partial charge in [0.25, 0.3) is 0 Å². The summed E-state index contributed by atoms with van der Waals surface area (Å²) in [4.78, 5) is 22.9. The van der Waals surface area contributed by atoms with E-state index in [2.05, 4.69) is 10.6 Å². The molecule has 0 saturated carbocycles. The normalized spacial score (nSPS) is 15.3. The Labute approximate surface area is 137 Å². The highest BCUT2D eigenvalue weighted by Crippen LogP contribution is 2.39. The molecule has 0 bridgehead atoms. The number of carbonyl (C=O) groups excluding carboxylic acids is 2. The summed E-state index contributed by atoms with van der Waals surface area (Å²) in [6.07, 6.45) is 1.71. The van der Waals surface area contributed by atoms with Crippen LogP contribution in [0.15, 0.2) is 18.2 Å². The lowest BCUT2D eigenvalue weighted by atomic mass is 9.94. The Morgan fingerprint density at radius 2 is 2.18 bits per heavy atom. The maximum atomic E-state index is 11.7. The first-order valence-corrected chi connectivity index (χ1v) is 7.41. The lowest BCUT2D eigenvalue weighted by Gasteiger charge is -2.15. The van der Waals surface area contributed by atoms with Crippen LogP contribution in [0.2, 0.25) is 0 Å². The summed E-state index contributed by atoms with van der Waals surface area (Å²) in [7, 11) is 0. The third-order valence-electron chi connectivity index (χ3n) is 3.57. The molecule has 1 aliphatic rings. The number of benzene rings is 1. The number of rotatable bonds is 6. The van der Waals surface area contributed by atoms with Gasteiger partial charge in [0, 0.05) is 35.8 Å². The summed E-state index contributed by atoms with van der Waals surface area (Å²) in [6.45, 7) is 4.77. The van der Waals surface area contributed by atoms with Crippen molar-refractivity contribution in [2.24, 2.45) is 0 Å². The van der Waals surface area contributed by atoms with Gasteiger partial charge in [-0.3, -0.25) is 5.32 Å². The topological polar surface area (TPSA) is 67.4 Å². The number of ether oxygens (including phenoxy) is 1. The smallest absolute Gasteiger partial charge is 0.411 e. The van der Waals surface area contributed by atoms with Crippen LogP contribution in [0.1, 0.15) is 44.6 Å². The number of nitrogens with one attached hydrogen (secondary N) is 2. The van der Waals surface area contributed by atoms with E-state index in [1.165, 1.54) is 0 Å². The van der Waals surface area contributed by atoms with Crippen LogP contribution in [0.3, 0.4) is 0 Å². The molecule has 1 amide bonds. The van der Waals surface area contributed by atoms with Gasteiger partial charge in [-0.1, -0.05) is 13.0 Å². The van der Waals surface area contributed by atoms with E-state index in [4.69, 9.17) is 4.74 Å². The number of amides is 1. The Kier molecular flexibility index (Phi) is 7.18. The molecule has 122 valence electrons. The van der Waals surface area contributed by atoms with Crippen LogP contribution >= 0.6 is 12.4 Å². The van der Waals surface area contributed by atoms with E-state index < -0.39 is 6.09 Å². The zero-order valence-corrected chi connectivity index (χ0v) is 13.8. The van der Waals surface area contributed by atoms with Crippen molar-refractivity contribution in [1.82, 2.24) is 0 Å². The van der Waals surface area contributed by atoms with Crippen molar-refractivity contribution < 1.29 is 14.3 Å². The molecule has 0 aromatic heterocycles. The monoisotopic (exact) mass is 326 g/mol. The van der Waals surface area contributed by atoms with Gasteiger partial charge in [-0.05, 0) is 31.9 Å². The van der Waals surface area contributed by atoms with Gasteiger partial charge in [0.15, 0.2) is 0 Å². The van der Waals surface area contributed by atoms with E-state index in [1.54, 1.807) is 6.92 Å². The molecule has 0 radical (unpaired) electrons. The maximum Gasteiger partial charge on any atom is 0.411 e. The largest absolute Gasteiger partial charge is 0.449 e. The highest BCUT2D eigenvalue weighted by molar-refractivity contribution is 5.88. The standard InChI is InChI=1S/C16H22N2O3.ClH/c1-3-9-21-16(20)18-14-6-4-5-13-15(14)12(10-17-13)8-7-11(2)19;/h4-6,12,17H,3,7-10H2,1-2H3,(H,18,20);1H. The van der Waals surface area contributed by atoms with Crippen LogP contribution in [-0.4, -0.2) is 25.0 Å². The molecular formula is C16H23ClN2O3. The van der Waals surface area contributed by atoms with Crippen LogP contribution in [0.25, 0.3) is 0 Å². The minimum absolute atomic E-state index is 0. The van der Waals surface area contributed by atoms with Gasteiger partial charge in [-0.15, -0.1) is 12.4 Å². The van der Waals surface area contributed by atoms with Gasteiger partial charge >= 0.3 is 6.09 Å². The second-order valence-electron chi connectivity index (χ2n) is 5.35. The third kappa shape index (κ3) is 4.63. The van der Waals surface area contributed by atoms with E-state index in [-0.39, 0.29) is 24.1 Å². The number of Topliss-reactive ketones (excluding diaryl/α,β-unsaturated/α-hetero) is 1. The molecular weight excluding hydrogens is 304 g/mol. The van der Waals surface area contributed by atoms with Gasteiger partial charge in [0.1, 0.15) is 5.78 Å². The van der Waals surface area contributed by atoms with E-state index in [0.29, 0.717) is 13.0 Å². The van der Waals surface area contributed by atoms with Crippen molar-refractivity contribution in [2.75, 3.05) is 23.8 Å². The molecule has 1 heterocycles. The number of anilines is 2. The van der Waals surface area contributed by atoms with Crippen LogP contribution in [0.5, 0.6) is 0 Å². The molecule has 5 nitrogen and oxygen atoms in total. The molecule has 0 fully saturated rings. The van der Waals surface area contributed by atoms with E-state index in [9.17, 15) is 9.59 Å². The Balaban J connectivity index is 0.00000242. The predicted octanol–water partition coefficient (Wildman–Crippen LogP) is 3.95. The average Bonchev–Trinajstić information content (AvgIpc) is 2.87. The van der Waals surface area contributed by atoms with Crippen LogP contribution in [0, 0.1) is 0 Å². The Morgan fingerprint density at radius 3 is 2.86 bits per heavy atom. The maximum absolute atomic E-state index is 11.7. The molecule has 22 heavy (non-hydrogen) atoms. The fourth-order valence-corrected chi connectivity index (χ4v) is 2.57. The highest BCUT2D eigenvalue weighted by Gasteiger charge is 2.26. The summed E-state index contributed by atoms with van der Waals surface area (Å²) < 4.78 is 5.06. The molecule has 2 N–H and O–H groups in total. The molecule has 1 aliphatic heterocycles. The fourth-order valence-electron chi connectivity index (χ4n) is 2.57. The number of halogens is 1. The van der Waals surface area contributed by atoms with Gasteiger partial charge in [0.2, 0.25) is 0 Å². The molecule has 1 atom stereocenters. The van der Waals surface area contributed by atoms with Gasteiger partial charge < -0.3 is 14.8 Å². The molecule has 1 aromatic rings. The summed E-state index contributed by atoms with van der Waals surface area (Å²) in [5.74, 6) is 0.433.